The van der Waals surface area contributed by atoms with E-state index in [0.29, 0.717) is 12.6 Å². The molecule has 0 radical (unpaired) electrons. The van der Waals surface area contributed by atoms with Crippen molar-refractivity contribution in [1.82, 2.24) is 14.9 Å². The molecule has 2 aromatic heterocycles. The third-order valence-electron chi connectivity index (χ3n) is 4.27. The van der Waals surface area contributed by atoms with Gasteiger partial charge in [-0.2, -0.15) is 0 Å². The van der Waals surface area contributed by atoms with Gasteiger partial charge in [0.25, 0.3) is 0 Å². The van der Waals surface area contributed by atoms with Crippen molar-refractivity contribution >= 4 is 0 Å². The Hall–Kier alpha value is -1.72. The van der Waals surface area contributed by atoms with Crippen molar-refractivity contribution in [2.75, 3.05) is 13.2 Å². The largest absolute Gasteiger partial charge is 0.444 e. The molecular formula is C19H27N3O2. The molecule has 0 bridgehead atoms. The Labute approximate surface area is 144 Å². The topological polar surface area (TPSA) is 51.4 Å². The van der Waals surface area contributed by atoms with Crippen molar-refractivity contribution in [3.63, 3.8) is 0 Å². The summed E-state index contributed by atoms with van der Waals surface area (Å²) >= 11 is 0. The van der Waals surface area contributed by atoms with Crippen molar-refractivity contribution < 1.29 is 9.15 Å². The lowest BCUT2D eigenvalue weighted by Crippen LogP contribution is -2.31. The van der Waals surface area contributed by atoms with Gasteiger partial charge in [0, 0.05) is 37.5 Å². The lowest BCUT2D eigenvalue weighted by molar-refractivity contribution is 0.0645. The van der Waals surface area contributed by atoms with Gasteiger partial charge in [-0.1, -0.05) is 26.8 Å². The van der Waals surface area contributed by atoms with Gasteiger partial charge in [-0.05, 0) is 24.5 Å². The number of aromatic nitrogens is 2. The highest BCUT2D eigenvalue weighted by Crippen LogP contribution is 2.24. The highest BCUT2D eigenvalue weighted by atomic mass is 16.5. The standard InChI is InChI=1S/C19H27N3O2/c1-19(2,3)17-11-21-18(24-17)14-22(13-16-7-5-9-23-16)12-15-6-4-8-20-10-15/h4,6,8,10-11,16H,5,7,9,12-14H2,1-3H3/t16-/m0/s1. The van der Waals surface area contributed by atoms with Gasteiger partial charge in [-0.3, -0.25) is 9.88 Å². The van der Waals surface area contributed by atoms with E-state index in [1.807, 2.05) is 18.5 Å². The summed E-state index contributed by atoms with van der Waals surface area (Å²) in [6.45, 7) is 9.68. The third kappa shape index (κ3) is 4.65. The van der Waals surface area contributed by atoms with Crippen molar-refractivity contribution in [2.45, 2.75) is 58.2 Å². The summed E-state index contributed by atoms with van der Waals surface area (Å²) in [4.78, 5) is 11.0. The average molecular weight is 329 g/mol. The van der Waals surface area contributed by atoms with E-state index in [0.717, 1.165) is 44.2 Å². The molecule has 2 aromatic rings. The number of ether oxygens (including phenoxy) is 1. The first-order chi connectivity index (χ1) is 11.5. The Morgan fingerprint density at radius 3 is 2.75 bits per heavy atom. The minimum atomic E-state index is -0.0198. The number of hydrogen-bond donors (Lipinski definition) is 0. The molecule has 0 unspecified atom stereocenters. The van der Waals surface area contributed by atoms with Crippen LogP contribution in [0.25, 0.3) is 0 Å². The van der Waals surface area contributed by atoms with Crippen LogP contribution < -0.4 is 0 Å². The molecule has 1 fully saturated rings. The van der Waals surface area contributed by atoms with Crippen molar-refractivity contribution in [3.05, 3.63) is 47.9 Å². The van der Waals surface area contributed by atoms with Crippen LogP contribution in [0.2, 0.25) is 0 Å². The van der Waals surface area contributed by atoms with Crippen LogP contribution in [0.5, 0.6) is 0 Å². The molecule has 5 nitrogen and oxygen atoms in total. The number of pyridine rings is 1. The average Bonchev–Trinajstić information content (AvgIpc) is 3.19. The third-order valence-corrected chi connectivity index (χ3v) is 4.27. The predicted molar refractivity (Wildman–Crippen MR) is 92.5 cm³/mol. The van der Waals surface area contributed by atoms with E-state index in [2.05, 4.69) is 41.7 Å². The number of nitrogens with zero attached hydrogens (tertiary/aromatic N) is 3. The van der Waals surface area contributed by atoms with E-state index in [1.54, 1.807) is 6.20 Å². The summed E-state index contributed by atoms with van der Waals surface area (Å²) in [5.41, 5.74) is 1.17. The number of rotatable bonds is 6. The smallest absolute Gasteiger partial charge is 0.208 e. The normalized spacial score (nSPS) is 18.4. The molecule has 0 spiro atoms. The second kappa shape index (κ2) is 7.45. The molecule has 1 aliphatic rings. The molecule has 1 aliphatic heterocycles. The molecule has 0 N–H and O–H groups in total. The van der Waals surface area contributed by atoms with E-state index >= 15 is 0 Å². The van der Waals surface area contributed by atoms with Crippen LogP contribution in [0, 0.1) is 0 Å². The fraction of sp³-hybridized carbons (Fsp3) is 0.579. The minimum Gasteiger partial charge on any atom is -0.444 e. The molecule has 5 heteroatoms. The summed E-state index contributed by atoms with van der Waals surface area (Å²) in [7, 11) is 0. The van der Waals surface area contributed by atoms with Crippen LogP contribution in [0.1, 0.15) is 50.8 Å². The molecular weight excluding hydrogens is 302 g/mol. The van der Waals surface area contributed by atoms with E-state index < -0.39 is 0 Å². The Morgan fingerprint density at radius 1 is 1.25 bits per heavy atom. The molecule has 0 aromatic carbocycles. The Balaban J connectivity index is 1.70. The molecule has 130 valence electrons. The molecule has 3 rings (SSSR count). The van der Waals surface area contributed by atoms with Gasteiger partial charge < -0.3 is 9.15 Å². The van der Waals surface area contributed by atoms with Gasteiger partial charge in [0.15, 0.2) is 0 Å². The first-order valence-electron chi connectivity index (χ1n) is 8.69. The SMILES string of the molecule is CC(C)(C)c1cnc(CN(Cc2cccnc2)C[C@@H]2CCCO2)o1. The summed E-state index contributed by atoms with van der Waals surface area (Å²) < 4.78 is 11.8. The molecule has 3 heterocycles. The monoisotopic (exact) mass is 329 g/mol. The maximum Gasteiger partial charge on any atom is 0.208 e. The minimum absolute atomic E-state index is 0.0198. The van der Waals surface area contributed by atoms with E-state index in [1.165, 1.54) is 5.56 Å². The van der Waals surface area contributed by atoms with E-state index in [9.17, 15) is 0 Å². The zero-order chi connectivity index (χ0) is 17.0. The quantitative estimate of drug-likeness (QED) is 0.811. The predicted octanol–water partition coefficient (Wildman–Crippen LogP) is 3.55. The van der Waals surface area contributed by atoms with Crippen LogP contribution in [-0.2, 0) is 23.2 Å². The molecule has 1 saturated heterocycles. The summed E-state index contributed by atoms with van der Waals surface area (Å²) in [5.74, 6) is 1.69. The van der Waals surface area contributed by atoms with E-state index in [4.69, 9.17) is 9.15 Å². The molecule has 1 atom stereocenters. The summed E-state index contributed by atoms with van der Waals surface area (Å²) in [5, 5.41) is 0. The second-order valence-electron chi connectivity index (χ2n) is 7.53. The highest BCUT2D eigenvalue weighted by molar-refractivity contribution is 5.09. The molecule has 0 saturated carbocycles. The molecule has 0 aliphatic carbocycles. The fourth-order valence-electron chi connectivity index (χ4n) is 2.93. The van der Waals surface area contributed by atoms with Gasteiger partial charge in [0.1, 0.15) is 5.76 Å². The zero-order valence-corrected chi connectivity index (χ0v) is 14.9. The summed E-state index contributed by atoms with van der Waals surface area (Å²) in [6.07, 6.45) is 8.15. The van der Waals surface area contributed by atoms with Crippen LogP contribution in [0.15, 0.2) is 35.1 Å². The lowest BCUT2D eigenvalue weighted by Gasteiger charge is -2.24. The van der Waals surface area contributed by atoms with Crippen molar-refractivity contribution in [1.29, 1.82) is 0 Å². The first kappa shape index (κ1) is 17.1. The van der Waals surface area contributed by atoms with Crippen LogP contribution >= 0.6 is 0 Å². The van der Waals surface area contributed by atoms with Gasteiger partial charge in [0.05, 0.1) is 18.8 Å². The Kier molecular flexibility index (Phi) is 5.31. The first-order valence-corrected chi connectivity index (χ1v) is 8.69. The molecule has 0 amide bonds. The van der Waals surface area contributed by atoms with Gasteiger partial charge in [-0.25, -0.2) is 4.98 Å². The lowest BCUT2D eigenvalue weighted by atomic mass is 9.94. The van der Waals surface area contributed by atoms with Gasteiger partial charge in [-0.15, -0.1) is 0 Å². The fourth-order valence-corrected chi connectivity index (χ4v) is 2.93. The Morgan fingerprint density at radius 2 is 2.12 bits per heavy atom. The van der Waals surface area contributed by atoms with Crippen molar-refractivity contribution in [3.8, 4) is 0 Å². The summed E-state index contributed by atoms with van der Waals surface area (Å²) in [6, 6.07) is 4.08. The van der Waals surface area contributed by atoms with Crippen molar-refractivity contribution in [2.24, 2.45) is 0 Å². The van der Waals surface area contributed by atoms with Crippen LogP contribution in [-0.4, -0.2) is 34.1 Å². The number of oxazole rings is 1. The van der Waals surface area contributed by atoms with Crippen LogP contribution in [0.4, 0.5) is 0 Å². The van der Waals surface area contributed by atoms with Gasteiger partial charge in [0.2, 0.25) is 5.89 Å². The number of hydrogen-bond acceptors (Lipinski definition) is 5. The van der Waals surface area contributed by atoms with Crippen LogP contribution in [0.3, 0.4) is 0 Å². The Bertz CT molecular complexity index is 628. The van der Waals surface area contributed by atoms with E-state index in [-0.39, 0.29) is 5.41 Å². The maximum atomic E-state index is 5.97. The zero-order valence-electron chi connectivity index (χ0n) is 14.9. The maximum absolute atomic E-state index is 5.97. The van der Waals surface area contributed by atoms with Gasteiger partial charge >= 0.3 is 0 Å². The molecule has 24 heavy (non-hydrogen) atoms. The second-order valence-corrected chi connectivity index (χ2v) is 7.53. The highest BCUT2D eigenvalue weighted by Gasteiger charge is 2.23.